The highest BCUT2D eigenvalue weighted by Gasteiger charge is 2.50. The fourth-order valence-corrected chi connectivity index (χ4v) is 13.7. The molecule has 0 saturated heterocycles. The minimum absolute atomic E-state index is 0.0181. The molecule has 0 aromatic heterocycles. The van der Waals surface area contributed by atoms with Crippen LogP contribution in [0.3, 0.4) is 0 Å². The van der Waals surface area contributed by atoms with Crippen molar-refractivity contribution in [1.82, 2.24) is 9.34 Å². The third-order valence-corrected chi connectivity index (χ3v) is 15.6. The first-order chi connectivity index (χ1) is 16.8. The van der Waals surface area contributed by atoms with Gasteiger partial charge in [-0.3, -0.25) is 9.34 Å². The maximum absolute atomic E-state index is 7.23. The third-order valence-electron chi connectivity index (χ3n) is 6.89. The molecule has 0 radical (unpaired) electrons. The summed E-state index contributed by atoms with van der Waals surface area (Å²) in [5, 5.41) is 2.75. The summed E-state index contributed by atoms with van der Waals surface area (Å²) in [6, 6.07) is 24.1. The molecule has 202 valence electrons. The number of hydrogen-bond donors (Lipinski definition) is 0. The molecule has 0 spiro atoms. The summed E-state index contributed by atoms with van der Waals surface area (Å²) in [4.78, 5) is 0. The minimum atomic E-state index is -2.48. The van der Waals surface area contributed by atoms with Gasteiger partial charge in [0.05, 0.1) is 0 Å². The molecule has 5 heteroatoms. The second-order valence-electron chi connectivity index (χ2n) is 12.1. The first kappa shape index (κ1) is 31.2. The van der Waals surface area contributed by atoms with Crippen LogP contribution in [0.25, 0.3) is 0 Å². The summed E-state index contributed by atoms with van der Waals surface area (Å²) in [6.45, 7) is 26.7. The first-order valence-electron chi connectivity index (χ1n) is 13.9. The smallest absolute Gasteiger partial charge is 0.261 e. The molecule has 0 heterocycles. The Morgan fingerprint density at radius 2 is 1.03 bits per heavy atom. The Morgan fingerprint density at radius 3 is 1.33 bits per heavy atom. The highest BCUT2D eigenvalue weighted by molar-refractivity contribution is 7.52. The zero-order valence-corrected chi connectivity index (χ0v) is 26.8. The fraction of sp³-hybridized carbons (Fsp3) is 0.613. The molecule has 0 aliphatic rings. The Kier molecular flexibility index (Phi) is 11.8. The van der Waals surface area contributed by atoms with Gasteiger partial charge in [0.1, 0.15) is 0 Å². The van der Waals surface area contributed by atoms with Gasteiger partial charge in [0.25, 0.3) is 8.32 Å². The van der Waals surface area contributed by atoms with E-state index in [9.17, 15) is 0 Å². The zero-order valence-electron chi connectivity index (χ0n) is 25.0. The molecule has 0 bridgehead atoms. The molecule has 2 aromatic carbocycles. The Hall–Kier alpha value is -1.03. The van der Waals surface area contributed by atoms with Crippen LogP contribution in [0.15, 0.2) is 60.7 Å². The third kappa shape index (κ3) is 7.29. The maximum atomic E-state index is 7.23. The van der Waals surface area contributed by atoms with Crippen molar-refractivity contribution < 1.29 is 4.43 Å². The summed E-state index contributed by atoms with van der Waals surface area (Å²) < 4.78 is 12.8. The first-order valence-corrected chi connectivity index (χ1v) is 17.3. The number of rotatable bonds is 13. The van der Waals surface area contributed by atoms with E-state index in [1.165, 1.54) is 16.5 Å². The standard InChI is InChI=1S/C31H53N2OPSi/c1-25(2)32(26(3)4)35(33(27(5)6)28(7)8)24-18-23-34-36(31(9,10)11,29-19-14-12-15-20-29)30-21-16-13-17-22-30/h12-17,19-22,25-28H,18,23-24H2,1-11H3. The molecule has 0 atom stereocenters. The van der Waals surface area contributed by atoms with Gasteiger partial charge in [-0.2, -0.15) is 0 Å². The van der Waals surface area contributed by atoms with E-state index in [2.05, 4.69) is 146 Å². The molecule has 0 N–H and O–H groups in total. The lowest BCUT2D eigenvalue weighted by Gasteiger charge is -2.47. The van der Waals surface area contributed by atoms with Crippen molar-refractivity contribution in [1.29, 1.82) is 0 Å². The van der Waals surface area contributed by atoms with Crippen molar-refractivity contribution in [2.75, 3.05) is 12.8 Å². The van der Waals surface area contributed by atoms with Gasteiger partial charge in [0, 0.05) is 39.0 Å². The van der Waals surface area contributed by atoms with Crippen LogP contribution in [0.2, 0.25) is 5.04 Å². The van der Waals surface area contributed by atoms with Crippen LogP contribution in [0.5, 0.6) is 0 Å². The van der Waals surface area contributed by atoms with E-state index in [0.29, 0.717) is 24.2 Å². The normalized spacial score (nSPS) is 13.4. The van der Waals surface area contributed by atoms with Crippen LogP contribution >= 0.6 is 8.22 Å². The second-order valence-corrected chi connectivity index (χ2v) is 18.5. The summed E-state index contributed by atoms with van der Waals surface area (Å²) >= 11 is 0. The van der Waals surface area contributed by atoms with Crippen LogP contribution in [0.1, 0.15) is 82.6 Å². The topological polar surface area (TPSA) is 15.7 Å². The molecule has 0 aliphatic heterocycles. The van der Waals surface area contributed by atoms with E-state index in [-0.39, 0.29) is 5.04 Å². The number of benzene rings is 2. The van der Waals surface area contributed by atoms with E-state index < -0.39 is 16.5 Å². The lowest BCUT2D eigenvalue weighted by Crippen LogP contribution is -2.66. The van der Waals surface area contributed by atoms with Crippen molar-refractivity contribution in [3.63, 3.8) is 0 Å². The average molecular weight is 529 g/mol. The lowest BCUT2D eigenvalue weighted by molar-refractivity contribution is 0.252. The van der Waals surface area contributed by atoms with E-state index in [1.807, 2.05) is 0 Å². The molecular weight excluding hydrogens is 475 g/mol. The van der Waals surface area contributed by atoms with Crippen molar-refractivity contribution in [3.8, 4) is 0 Å². The summed E-state index contributed by atoms with van der Waals surface area (Å²) in [5.74, 6) is 0. The Labute approximate surface area is 225 Å². The van der Waals surface area contributed by atoms with Crippen LogP contribution in [0, 0.1) is 0 Å². The van der Waals surface area contributed by atoms with Gasteiger partial charge in [-0.05, 0) is 83.4 Å². The van der Waals surface area contributed by atoms with Gasteiger partial charge < -0.3 is 4.43 Å². The summed E-state index contributed by atoms with van der Waals surface area (Å²) in [5.41, 5.74) is 0. The molecule has 0 aliphatic carbocycles. The van der Waals surface area contributed by atoms with E-state index >= 15 is 0 Å². The summed E-state index contributed by atoms with van der Waals surface area (Å²) in [7, 11) is -2.91. The van der Waals surface area contributed by atoms with Gasteiger partial charge >= 0.3 is 0 Å². The van der Waals surface area contributed by atoms with Crippen LogP contribution in [0.4, 0.5) is 0 Å². The Balaban J connectivity index is 2.39. The monoisotopic (exact) mass is 528 g/mol. The van der Waals surface area contributed by atoms with Crippen LogP contribution < -0.4 is 10.4 Å². The average Bonchev–Trinajstić information content (AvgIpc) is 2.78. The predicted molar refractivity (Wildman–Crippen MR) is 164 cm³/mol. The highest BCUT2D eigenvalue weighted by Crippen LogP contribution is 2.50. The van der Waals surface area contributed by atoms with Gasteiger partial charge in [-0.15, -0.1) is 0 Å². The van der Waals surface area contributed by atoms with Gasteiger partial charge in [0.2, 0.25) is 0 Å². The van der Waals surface area contributed by atoms with Gasteiger partial charge in [-0.25, -0.2) is 0 Å². The van der Waals surface area contributed by atoms with Gasteiger partial charge in [0.15, 0.2) is 0 Å². The van der Waals surface area contributed by atoms with Crippen molar-refractivity contribution in [3.05, 3.63) is 60.7 Å². The van der Waals surface area contributed by atoms with E-state index in [1.54, 1.807) is 0 Å². The largest absolute Gasteiger partial charge is 0.407 e. The molecule has 3 nitrogen and oxygen atoms in total. The van der Waals surface area contributed by atoms with Crippen molar-refractivity contribution >= 4 is 26.9 Å². The molecule has 36 heavy (non-hydrogen) atoms. The SMILES string of the molecule is CC(C)N(C(C)C)P(CCCO[Si](c1ccccc1)(c1ccccc1)C(C)(C)C)N(C(C)C)C(C)C. The predicted octanol–water partition coefficient (Wildman–Crippen LogP) is 7.50. The van der Waals surface area contributed by atoms with E-state index in [0.717, 1.165) is 13.0 Å². The summed E-state index contributed by atoms with van der Waals surface area (Å²) in [6.07, 6.45) is 2.24. The zero-order chi connectivity index (χ0) is 27.1. The Morgan fingerprint density at radius 1 is 0.667 bits per heavy atom. The quantitative estimate of drug-likeness (QED) is 0.152. The second kappa shape index (κ2) is 13.7. The lowest BCUT2D eigenvalue weighted by atomic mass is 10.2. The number of hydrogen-bond acceptors (Lipinski definition) is 3. The molecule has 0 amide bonds. The van der Waals surface area contributed by atoms with Crippen LogP contribution in [-0.4, -0.2) is 54.6 Å². The maximum Gasteiger partial charge on any atom is 0.261 e. The molecule has 0 unspecified atom stereocenters. The van der Waals surface area contributed by atoms with Crippen LogP contribution in [-0.2, 0) is 4.43 Å². The molecule has 0 saturated carbocycles. The van der Waals surface area contributed by atoms with Crippen molar-refractivity contribution in [2.24, 2.45) is 0 Å². The number of nitrogens with zero attached hydrogens (tertiary/aromatic N) is 2. The molecule has 0 fully saturated rings. The van der Waals surface area contributed by atoms with Crippen molar-refractivity contribution in [2.45, 2.75) is 112 Å². The molecule has 2 rings (SSSR count). The minimum Gasteiger partial charge on any atom is -0.407 e. The van der Waals surface area contributed by atoms with E-state index in [4.69, 9.17) is 4.43 Å². The highest BCUT2D eigenvalue weighted by atomic mass is 31.1. The van der Waals surface area contributed by atoms with Gasteiger partial charge in [-0.1, -0.05) is 81.4 Å². The molecular formula is C31H53N2OPSi. The fourth-order valence-electron chi connectivity index (χ4n) is 5.80. The Bertz CT molecular complexity index is 805. The molecule has 2 aromatic rings.